The second-order valence-electron chi connectivity index (χ2n) is 4.36. The van der Waals surface area contributed by atoms with E-state index in [9.17, 15) is 5.11 Å². The molecule has 2 atom stereocenters. The Labute approximate surface area is 95.5 Å². The summed E-state index contributed by atoms with van der Waals surface area (Å²) in [5, 5.41) is 10.5. The molecule has 0 radical (unpaired) electrons. The lowest BCUT2D eigenvalue weighted by Gasteiger charge is -2.33. The van der Waals surface area contributed by atoms with E-state index in [1.807, 2.05) is 19.2 Å². The van der Waals surface area contributed by atoms with Gasteiger partial charge in [-0.05, 0) is 37.1 Å². The maximum atomic E-state index is 9.70. The first-order valence-corrected chi connectivity index (χ1v) is 5.65. The van der Waals surface area contributed by atoms with Gasteiger partial charge in [-0.3, -0.25) is 0 Å². The molecule has 1 aromatic rings. The summed E-state index contributed by atoms with van der Waals surface area (Å²) in [6.45, 7) is 1.79. The van der Waals surface area contributed by atoms with E-state index >= 15 is 0 Å². The second kappa shape index (κ2) is 4.52. The molecule has 0 unspecified atom stereocenters. The minimum absolute atomic E-state index is 0.204. The number of nitrogens with zero attached hydrogens (tertiary/aromatic N) is 1. The van der Waals surface area contributed by atoms with Crippen molar-refractivity contribution in [1.82, 2.24) is 4.90 Å². The number of hydrogen-bond acceptors (Lipinski definition) is 2. The predicted molar refractivity (Wildman–Crippen MR) is 62.3 cm³/mol. The molecule has 2 rings (SSSR count). The molecule has 1 fully saturated rings. The Balaban J connectivity index is 2.12. The molecule has 1 aromatic carbocycles. The molecule has 0 aliphatic carbocycles. The predicted octanol–water partition coefficient (Wildman–Crippen LogP) is 2.12. The molecule has 0 spiro atoms. The van der Waals surface area contributed by atoms with Crippen molar-refractivity contribution >= 4 is 11.6 Å². The summed E-state index contributed by atoms with van der Waals surface area (Å²) in [4.78, 5) is 2.17. The van der Waals surface area contributed by atoms with Gasteiger partial charge in [0, 0.05) is 18.1 Å². The van der Waals surface area contributed by atoms with Crippen molar-refractivity contribution < 1.29 is 5.11 Å². The molecule has 3 heteroatoms. The van der Waals surface area contributed by atoms with Crippen LogP contribution in [0.25, 0.3) is 0 Å². The summed E-state index contributed by atoms with van der Waals surface area (Å²) in [6.07, 6.45) is 0.649. The molecule has 0 aromatic heterocycles. The number of halogens is 1. The summed E-state index contributed by atoms with van der Waals surface area (Å²) >= 11 is 5.85. The number of rotatable bonds is 1. The molecule has 0 amide bonds. The summed E-state index contributed by atoms with van der Waals surface area (Å²) in [5.41, 5.74) is 1.27. The third-order valence-electron chi connectivity index (χ3n) is 2.95. The summed E-state index contributed by atoms with van der Waals surface area (Å²) in [7, 11) is 2.05. The number of β-amino-alcohol motifs (C(OH)–C–C–N with tert-alkyl or cyclic N) is 1. The molecule has 1 heterocycles. The van der Waals surface area contributed by atoms with Gasteiger partial charge in [0.25, 0.3) is 0 Å². The highest BCUT2D eigenvalue weighted by atomic mass is 35.5. The zero-order valence-corrected chi connectivity index (χ0v) is 9.61. The van der Waals surface area contributed by atoms with Gasteiger partial charge in [0.2, 0.25) is 0 Å². The van der Waals surface area contributed by atoms with Gasteiger partial charge >= 0.3 is 0 Å². The normalized spacial score (nSPS) is 27.9. The van der Waals surface area contributed by atoms with Gasteiger partial charge in [0.05, 0.1) is 6.10 Å². The topological polar surface area (TPSA) is 23.5 Å². The molecule has 1 saturated heterocycles. The molecular formula is C12H16ClNO. The first-order valence-electron chi connectivity index (χ1n) is 5.27. The van der Waals surface area contributed by atoms with Gasteiger partial charge < -0.3 is 10.0 Å². The highest BCUT2D eigenvalue weighted by molar-refractivity contribution is 6.30. The van der Waals surface area contributed by atoms with Crippen LogP contribution >= 0.6 is 11.6 Å². The fraction of sp³-hybridized carbons (Fsp3) is 0.500. The Morgan fingerprint density at radius 2 is 1.93 bits per heavy atom. The average molecular weight is 226 g/mol. The van der Waals surface area contributed by atoms with Crippen molar-refractivity contribution in [3.63, 3.8) is 0 Å². The molecule has 0 saturated carbocycles. The van der Waals surface area contributed by atoms with E-state index in [0.29, 0.717) is 5.92 Å². The summed E-state index contributed by atoms with van der Waals surface area (Å²) < 4.78 is 0. The van der Waals surface area contributed by atoms with E-state index in [-0.39, 0.29) is 6.10 Å². The number of piperidine rings is 1. The Bertz CT molecular complexity index is 315. The van der Waals surface area contributed by atoms with Crippen molar-refractivity contribution in [2.24, 2.45) is 0 Å². The first kappa shape index (κ1) is 10.9. The van der Waals surface area contributed by atoms with E-state index in [0.717, 1.165) is 24.5 Å². The second-order valence-corrected chi connectivity index (χ2v) is 4.80. The van der Waals surface area contributed by atoms with Gasteiger partial charge in [0.15, 0.2) is 0 Å². The van der Waals surface area contributed by atoms with Gasteiger partial charge in [-0.1, -0.05) is 23.7 Å². The third-order valence-corrected chi connectivity index (χ3v) is 3.20. The lowest BCUT2D eigenvalue weighted by atomic mass is 9.89. The van der Waals surface area contributed by atoms with E-state index < -0.39 is 0 Å². The largest absolute Gasteiger partial charge is 0.392 e. The molecule has 1 N–H and O–H groups in total. The molecular weight excluding hydrogens is 210 g/mol. The van der Waals surface area contributed by atoms with Crippen LogP contribution in [-0.2, 0) is 0 Å². The lowest BCUT2D eigenvalue weighted by Crippen LogP contribution is -2.39. The van der Waals surface area contributed by atoms with Gasteiger partial charge in [-0.15, -0.1) is 0 Å². The van der Waals surface area contributed by atoms with Crippen LogP contribution < -0.4 is 0 Å². The van der Waals surface area contributed by atoms with Crippen molar-refractivity contribution in [3.05, 3.63) is 34.9 Å². The number of likely N-dealkylation sites (N-methyl/N-ethyl adjacent to an activating group) is 1. The van der Waals surface area contributed by atoms with Crippen molar-refractivity contribution in [2.75, 3.05) is 20.1 Å². The number of aliphatic hydroxyl groups is 1. The van der Waals surface area contributed by atoms with Crippen LogP contribution in [0.4, 0.5) is 0 Å². The number of benzene rings is 1. The Morgan fingerprint density at radius 1 is 1.27 bits per heavy atom. The van der Waals surface area contributed by atoms with E-state index in [1.54, 1.807) is 0 Å². The Hall–Kier alpha value is -0.570. The highest BCUT2D eigenvalue weighted by Gasteiger charge is 2.24. The zero-order chi connectivity index (χ0) is 10.8. The van der Waals surface area contributed by atoms with E-state index in [4.69, 9.17) is 11.6 Å². The molecule has 15 heavy (non-hydrogen) atoms. The quantitative estimate of drug-likeness (QED) is 0.792. The van der Waals surface area contributed by atoms with Gasteiger partial charge in [-0.2, -0.15) is 0 Å². The lowest BCUT2D eigenvalue weighted by molar-refractivity contribution is 0.0725. The molecule has 0 bridgehead atoms. The van der Waals surface area contributed by atoms with Crippen LogP contribution in [0.3, 0.4) is 0 Å². The smallest absolute Gasteiger partial charge is 0.0673 e. The summed E-state index contributed by atoms with van der Waals surface area (Å²) in [5.74, 6) is 0.427. The van der Waals surface area contributed by atoms with Gasteiger partial charge in [0.1, 0.15) is 0 Å². The van der Waals surface area contributed by atoms with Crippen LogP contribution in [0.15, 0.2) is 24.3 Å². The first-order chi connectivity index (χ1) is 7.15. The monoisotopic (exact) mass is 225 g/mol. The SMILES string of the molecule is CN1C[C@@H](O)C[C@@H](c2ccc(Cl)cc2)C1. The third kappa shape index (κ3) is 2.71. The van der Waals surface area contributed by atoms with Crippen LogP contribution in [-0.4, -0.2) is 36.2 Å². The number of hydrogen-bond donors (Lipinski definition) is 1. The summed E-state index contributed by atoms with van der Waals surface area (Å²) in [6, 6.07) is 7.94. The maximum absolute atomic E-state index is 9.70. The van der Waals surface area contributed by atoms with Gasteiger partial charge in [-0.25, -0.2) is 0 Å². The van der Waals surface area contributed by atoms with E-state index in [1.165, 1.54) is 5.56 Å². The van der Waals surface area contributed by atoms with Crippen molar-refractivity contribution in [3.8, 4) is 0 Å². The number of likely N-dealkylation sites (tertiary alicyclic amines) is 1. The molecule has 1 aliphatic heterocycles. The Morgan fingerprint density at radius 3 is 2.53 bits per heavy atom. The standard InChI is InChI=1S/C12H16ClNO/c1-14-7-10(6-12(15)8-14)9-2-4-11(13)5-3-9/h2-5,10,12,15H,6-8H2,1H3/t10-,12+/m1/s1. The molecule has 1 aliphatic rings. The van der Waals surface area contributed by atoms with Crippen LogP contribution in [0.1, 0.15) is 17.9 Å². The number of aliphatic hydroxyl groups excluding tert-OH is 1. The minimum atomic E-state index is -0.204. The molecule has 2 nitrogen and oxygen atoms in total. The Kier molecular flexibility index (Phi) is 3.29. The fourth-order valence-corrected chi connectivity index (χ4v) is 2.39. The van der Waals surface area contributed by atoms with Crippen molar-refractivity contribution in [1.29, 1.82) is 0 Å². The van der Waals surface area contributed by atoms with Crippen LogP contribution in [0, 0.1) is 0 Å². The zero-order valence-electron chi connectivity index (χ0n) is 8.86. The average Bonchev–Trinajstić information content (AvgIpc) is 2.17. The maximum Gasteiger partial charge on any atom is 0.0673 e. The molecule has 82 valence electrons. The van der Waals surface area contributed by atoms with Crippen molar-refractivity contribution in [2.45, 2.75) is 18.4 Å². The van der Waals surface area contributed by atoms with E-state index in [2.05, 4.69) is 17.0 Å². The fourth-order valence-electron chi connectivity index (χ4n) is 2.26. The van der Waals surface area contributed by atoms with Crippen LogP contribution in [0.2, 0.25) is 5.02 Å². The highest BCUT2D eigenvalue weighted by Crippen LogP contribution is 2.27. The van der Waals surface area contributed by atoms with Crippen LogP contribution in [0.5, 0.6) is 0 Å². The minimum Gasteiger partial charge on any atom is -0.392 e.